The van der Waals surface area contributed by atoms with Crippen molar-refractivity contribution < 1.29 is 33.2 Å². The molecule has 0 amide bonds. The molecule has 2 aromatic rings. The maximum atomic E-state index is 13.3. The summed E-state index contributed by atoms with van der Waals surface area (Å²) in [4.78, 5) is 13.3. The van der Waals surface area contributed by atoms with Crippen molar-refractivity contribution in [1.29, 1.82) is 0 Å². The van der Waals surface area contributed by atoms with Crippen molar-refractivity contribution in [3.8, 4) is 17.2 Å². The second kappa shape index (κ2) is 9.13. The first-order chi connectivity index (χ1) is 15.1. The van der Waals surface area contributed by atoms with Crippen LogP contribution in [-0.2, 0) is 24.6 Å². The van der Waals surface area contributed by atoms with Crippen LogP contribution >= 0.6 is 0 Å². The van der Waals surface area contributed by atoms with Gasteiger partial charge in [-0.3, -0.25) is 4.79 Å². The minimum Gasteiger partial charge on any atom is -0.467 e. The Morgan fingerprint density at radius 2 is 1.97 bits per heavy atom. The zero-order chi connectivity index (χ0) is 21.8. The highest BCUT2D eigenvalue weighted by Gasteiger charge is 2.56. The van der Waals surface area contributed by atoms with Crippen LogP contribution in [0, 0.1) is 5.92 Å². The van der Waals surface area contributed by atoms with Gasteiger partial charge in [0.15, 0.2) is 18.3 Å². The highest BCUT2D eigenvalue weighted by Crippen LogP contribution is 2.49. The highest BCUT2D eigenvalue weighted by molar-refractivity contribution is 5.77. The summed E-state index contributed by atoms with van der Waals surface area (Å²) < 4.78 is 33.4. The van der Waals surface area contributed by atoms with E-state index in [1.54, 1.807) is 21.1 Å². The summed E-state index contributed by atoms with van der Waals surface area (Å²) in [5.41, 5.74) is 0.673. The van der Waals surface area contributed by atoms with Gasteiger partial charge in [-0.25, -0.2) is 0 Å². The molecule has 2 aromatic carbocycles. The number of esters is 1. The van der Waals surface area contributed by atoms with Crippen LogP contribution in [0.2, 0.25) is 0 Å². The standard InChI is InChI=1S/C23H27NO7/c1-4-28-22(25)20-21(16-7-5-6-8-17(16)29-13-26-2)24-12-23(20,27-3)15-9-10-18-19(11-15)31-14-30-18/h5-11,20-21,24H,4,12-14H2,1-3H3. The van der Waals surface area contributed by atoms with Gasteiger partial charge >= 0.3 is 5.97 Å². The molecule has 3 atom stereocenters. The Hall–Kier alpha value is -2.81. The second-order valence-electron chi connectivity index (χ2n) is 7.34. The maximum Gasteiger partial charge on any atom is 0.314 e. The Kier molecular flexibility index (Phi) is 6.31. The smallest absolute Gasteiger partial charge is 0.314 e. The van der Waals surface area contributed by atoms with Crippen LogP contribution in [0.3, 0.4) is 0 Å². The Morgan fingerprint density at radius 1 is 1.16 bits per heavy atom. The van der Waals surface area contributed by atoms with Gasteiger partial charge in [0.2, 0.25) is 6.79 Å². The van der Waals surface area contributed by atoms with Crippen molar-refractivity contribution in [3.63, 3.8) is 0 Å². The molecule has 31 heavy (non-hydrogen) atoms. The molecule has 0 bridgehead atoms. The van der Waals surface area contributed by atoms with E-state index in [0.29, 0.717) is 23.8 Å². The van der Waals surface area contributed by atoms with Crippen LogP contribution in [0.5, 0.6) is 17.2 Å². The van der Waals surface area contributed by atoms with E-state index in [1.165, 1.54) is 0 Å². The van der Waals surface area contributed by atoms with Crippen molar-refractivity contribution in [2.75, 3.05) is 41.0 Å². The maximum absolute atomic E-state index is 13.3. The quantitative estimate of drug-likeness (QED) is 0.507. The van der Waals surface area contributed by atoms with Crippen molar-refractivity contribution in [1.82, 2.24) is 5.32 Å². The molecule has 1 N–H and O–H groups in total. The predicted octanol–water partition coefficient (Wildman–Crippen LogP) is 2.76. The van der Waals surface area contributed by atoms with E-state index >= 15 is 0 Å². The molecular weight excluding hydrogens is 402 g/mol. The number of ether oxygens (including phenoxy) is 6. The van der Waals surface area contributed by atoms with Crippen LogP contribution in [0.1, 0.15) is 24.1 Å². The Labute approximate surface area is 181 Å². The molecule has 166 valence electrons. The van der Waals surface area contributed by atoms with Gasteiger partial charge in [0.25, 0.3) is 0 Å². The Morgan fingerprint density at radius 3 is 2.74 bits per heavy atom. The number of rotatable bonds is 8. The minimum absolute atomic E-state index is 0.103. The number of para-hydroxylation sites is 1. The summed E-state index contributed by atoms with van der Waals surface area (Å²) >= 11 is 0. The molecule has 2 aliphatic heterocycles. The van der Waals surface area contributed by atoms with Gasteiger partial charge < -0.3 is 33.7 Å². The molecule has 8 heteroatoms. The topological polar surface area (TPSA) is 84.5 Å². The first kappa shape index (κ1) is 21.4. The molecule has 4 rings (SSSR count). The number of hydrogen-bond donors (Lipinski definition) is 1. The fourth-order valence-electron chi connectivity index (χ4n) is 4.36. The molecule has 2 heterocycles. The molecule has 0 aliphatic carbocycles. The normalized spacial score (nSPS) is 24.2. The van der Waals surface area contributed by atoms with Crippen LogP contribution in [-0.4, -0.2) is 46.9 Å². The molecule has 0 spiro atoms. The number of fused-ring (bicyclic) bond motifs is 1. The Balaban J connectivity index is 1.78. The van der Waals surface area contributed by atoms with E-state index in [2.05, 4.69) is 5.32 Å². The van der Waals surface area contributed by atoms with Crippen molar-refractivity contribution >= 4 is 5.97 Å². The number of hydrogen-bond acceptors (Lipinski definition) is 8. The van der Waals surface area contributed by atoms with Crippen molar-refractivity contribution in [2.24, 2.45) is 5.92 Å². The molecule has 0 saturated carbocycles. The van der Waals surface area contributed by atoms with E-state index in [9.17, 15) is 4.79 Å². The zero-order valence-electron chi connectivity index (χ0n) is 17.9. The van der Waals surface area contributed by atoms with E-state index in [1.807, 2.05) is 42.5 Å². The van der Waals surface area contributed by atoms with Gasteiger partial charge in [0.05, 0.1) is 12.6 Å². The average molecular weight is 429 g/mol. The monoisotopic (exact) mass is 429 g/mol. The van der Waals surface area contributed by atoms with Crippen molar-refractivity contribution in [2.45, 2.75) is 18.6 Å². The summed E-state index contributed by atoms with van der Waals surface area (Å²) in [5, 5.41) is 3.47. The van der Waals surface area contributed by atoms with Crippen LogP contribution < -0.4 is 19.5 Å². The lowest BCUT2D eigenvalue weighted by Gasteiger charge is -2.34. The molecule has 8 nitrogen and oxygen atoms in total. The molecular formula is C23H27NO7. The zero-order valence-corrected chi connectivity index (χ0v) is 17.9. The number of methoxy groups -OCH3 is 2. The number of carbonyl (C=O) groups excluding carboxylic acids is 1. The lowest BCUT2D eigenvalue weighted by Crippen LogP contribution is -2.42. The fraction of sp³-hybridized carbons (Fsp3) is 0.435. The number of benzene rings is 2. The highest BCUT2D eigenvalue weighted by atomic mass is 16.7. The number of carbonyl (C=O) groups is 1. The van der Waals surface area contributed by atoms with E-state index in [-0.39, 0.29) is 26.2 Å². The van der Waals surface area contributed by atoms with Gasteiger partial charge in [-0.2, -0.15) is 0 Å². The first-order valence-corrected chi connectivity index (χ1v) is 10.2. The van der Waals surface area contributed by atoms with E-state index in [0.717, 1.165) is 11.1 Å². The largest absolute Gasteiger partial charge is 0.467 e. The molecule has 3 unspecified atom stereocenters. The SMILES string of the molecule is CCOC(=O)C1C(c2ccccc2OCOC)NCC1(OC)c1ccc2c(c1)OCO2. The molecule has 0 radical (unpaired) electrons. The third kappa shape index (κ3) is 3.82. The lowest BCUT2D eigenvalue weighted by atomic mass is 9.78. The fourth-order valence-corrected chi connectivity index (χ4v) is 4.36. The number of nitrogens with one attached hydrogen (secondary N) is 1. The van der Waals surface area contributed by atoms with Crippen molar-refractivity contribution in [3.05, 3.63) is 53.6 Å². The summed E-state index contributed by atoms with van der Waals surface area (Å²) in [6.07, 6.45) is 0. The van der Waals surface area contributed by atoms with Gasteiger partial charge in [0.1, 0.15) is 17.3 Å². The molecule has 1 saturated heterocycles. The third-order valence-electron chi connectivity index (χ3n) is 5.77. The van der Waals surface area contributed by atoms with E-state index in [4.69, 9.17) is 28.4 Å². The summed E-state index contributed by atoms with van der Waals surface area (Å²) in [6, 6.07) is 12.8. The summed E-state index contributed by atoms with van der Waals surface area (Å²) in [5.74, 6) is 0.921. The van der Waals surface area contributed by atoms with Crippen LogP contribution in [0.4, 0.5) is 0 Å². The third-order valence-corrected chi connectivity index (χ3v) is 5.77. The predicted molar refractivity (Wildman–Crippen MR) is 111 cm³/mol. The minimum atomic E-state index is -0.966. The molecule has 2 aliphatic rings. The molecule has 0 aromatic heterocycles. The van der Waals surface area contributed by atoms with Gasteiger partial charge in [-0.05, 0) is 30.7 Å². The first-order valence-electron chi connectivity index (χ1n) is 10.2. The average Bonchev–Trinajstić information content (AvgIpc) is 3.42. The molecule has 1 fully saturated rings. The Bertz CT molecular complexity index is 934. The lowest BCUT2D eigenvalue weighted by molar-refractivity contribution is -0.159. The van der Waals surface area contributed by atoms with Gasteiger partial charge in [-0.1, -0.05) is 24.3 Å². The summed E-state index contributed by atoms with van der Waals surface area (Å²) in [7, 11) is 3.17. The summed E-state index contributed by atoms with van der Waals surface area (Å²) in [6.45, 7) is 2.73. The van der Waals surface area contributed by atoms with E-state index < -0.39 is 17.6 Å². The van der Waals surface area contributed by atoms with Gasteiger partial charge in [-0.15, -0.1) is 0 Å². The van der Waals surface area contributed by atoms with Crippen LogP contribution in [0.25, 0.3) is 0 Å². The second-order valence-corrected chi connectivity index (χ2v) is 7.34. The van der Waals surface area contributed by atoms with Crippen LogP contribution in [0.15, 0.2) is 42.5 Å². The van der Waals surface area contributed by atoms with Gasteiger partial charge in [0, 0.05) is 26.3 Å².